The van der Waals surface area contributed by atoms with E-state index in [0.29, 0.717) is 54.9 Å². The third-order valence-corrected chi connectivity index (χ3v) is 8.16. The number of benzene rings is 2. The Bertz CT molecular complexity index is 1320. The average Bonchev–Trinajstić information content (AvgIpc) is 3.47. The van der Waals surface area contributed by atoms with Gasteiger partial charge < -0.3 is 24.4 Å². The van der Waals surface area contributed by atoms with Gasteiger partial charge in [-0.2, -0.15) is 0 Å². The molecule has 6 rings (SSSR count). The van der Waals surface area contributed by atoms with Gasteiger partial charge in [0, 0.05) is 50.0 Å². The van der Waals surface area contributed by atoms with Crippen LogP contribution in [0.1, 0.15) is 18.4 Å². The zero-order chi connectivity index (χ0) is 27.7. The number of halogens is 3. The van der Waals surface area contributed by atoms with Crippen molar-refractivity contribution in [2.24, 2.45) is 21.8 Å². The van der Waals surface area contributed by atoms with Gasteiger partial charge in [-0.3, -0.25) is 14.8 Å². The third-order valence-electron chi connectivity index (χ3n) is 7.37. The quantitative estimate of drug-likeness (QED) is 0.194. The maximum Gasteiger partial charge on any atom is 0.245 e. The molecule has 0 spiro atoms. The molecule has 1 aliphatic carbocycles. The first-order chi connectivity index (χ1) is 18.8. The lowest BCUT2D eigenvalue weighted by Crippen LogP contribution is -2.61. The summed E-state index contributed by atoms with van der Waals surface area (Å²) in [5.41, 5.74) is 1.11. The number of aliphatic imine (C=N–C) groups is 2. The van der Waals surface area contributed by atoms with Crippen molar-refractivity contribution in [3.63, 3.8) is 0 Å². The van der Waals surface area contributed by atoms with Gasteiger partial charge in [0.15, 0.2) is 17.3 Å². The molecule has 1 amide bonds. The second kappa shape index (κ2) is 11.5. The van der Waals surface area contributed by atoms with Gasteiger partial charge >= 0.3 is 0 Å². The third kappa shape index (κ3) is 5.48. The Balaban J connectivity index is 1.47. The summed E-state index contributed by atoms with van der Waals surface area (Å²) < 4.78 is 33.2. The highest BCUT2D eigenvalue weighted by molar-refractivity contribution is 6.42. The number of ether oxygens (including phenoxy) is 3. The topological polar surface area (TPSA) is 84.8 Å². The van der Waals surface area contributed by atoms with Crippen molar-refractivity contribution in [1.82, 2.24) is 4.90 Å². The van der Waals surface area contributed by atoms with Crippen LogP contribution in [0.4, 0.5) is 15.8 Å². The number of anilines is 1. The number of fused-ring (bicyclic) bond motifs is 2. The first kappa shape index (κ1) is 27.4. The minimum Gasteiger partial charge on any atom is -0.486 e. The van der Waals surface area contributed by atoms with E-state index in [2.05, 4.69) is 28.6 Å². The minimum atomic E-state index is -0.697. The maximum absolute atomic E-state index is 14.8. The molecular weight excluding hydrogens is 546 g/mol. The SMILES string of the molecule is C=CC(=O)N1C[C@H]2C[C@@H](C1)[C@H]2Oc1cc(/C(=N\C)Nc2ccc(Cl)c(Cl)c2F)c(N=C)cc1O[C@H]1CCOC1. The van der Waals surface area contributed by atoms with E-state index in [1.165, 1.54) is 18.2 Å². The Kier molecular flexibility index (Phi) is 8.11. The molecule has 8 nitrogen and oxygen atoms in total. The number of piperidine rings is 2. The summed E-state index contributed by atoms with van der Waals surface area (Å²) in [4.78, 5) is 22.5. The lowest BCUT2D eigenvalue weighted by molar-refractivity contribution is -0.142. The second-order valence-electron chi connectivity index (χ2n) is 9.78. The number of hydrogen-bond acceptors (Lipinski definition) is 6. The van der Waals surface area contributed by atoms with Crippen molar-refractivity contribution in [2.75, 3.05) is 38.7 Å². The van der Waals surface area contributed by atoms with Crippen LogP contribution in [0.25, 0.3) is 0 Å². The summed E-state index contributed by atoms with van der Waals surface area (Å²) in [7, 11) is 1.58. The highest BCUT2D eigenvalue weighted by Crippen LogP contribution is 2.46. The molecule has 3 aliphatic heterocycles. The van der Waals surface area contributed by atoms with Crippen LogP contribution in [0, 0.1) is 17.7 Å². The van der Waals surface area contributed by atoms with E-state index < -0.39 is 5.82 Å². The molecule has 0 unspecified atom stereocenters. The first-order valence-corrected chi connectivity index (χ1v) is 13.4. The molecule has 206 valence electrons. The van der Waals surface area contributed by atoms with Crippen LogP contribution in [0.2, 0.25) is 10.0 Å². The van der Waals surface area contributed by atoms with Crippen LogP contribution in [0.5, 0.6) is 11.5 Å². The summed E-state index contributed by atoms with van der Waals surface area (Å²) >= 11 is 12.0. The molecule has 0 aromatic heterocycles. The lowest BCUT2D eigenvalue weighted by atomic mass is 9.68. The maximum atomic E-state index is 14.8. The van der Waals surface area contributed by atoms with Crippen LogP contribution >= 0.6 is 23.2 Å². The van der Waals surface area contributed by atoms with Gasteiger partial charge in [0.05, 0.1) is 34.6 Å². The van der Waals surface area contributed by atoms with Crippen LogP contribution < -0.4 is 14.8 Å². The number of nitrogens with one attached hydrogen (secondary N) is 1. The molecule has 2 aromatic rings. The Hall–Kier alpha value is -3.14. The van der Waals surface area contributed by atoms with E-state index in [1.54, 1.807) is 19.2 Å². The molecule has 3 heterocycles. The minimum absolute atomic E-state index is 0.0680. The van der Waals surface area contributed by atoms with Gasteiger partial charge in [-0.15, -0.1) is 0 Å². The monoisotopic (exact) mass is 574 g/mol. The predicted molar refractivity (Wildman–Crippen MR) is 151 cm³/mol. The fourth-order valence-corrected chi connectivity index (χ4v) is 5.64. The van der Waals surface area contributed by atoms with Gasteiger partial charge in [0.1, 0.15) is 18.0 Å². The molecule has 2 aromatic carbocycles. The number of carbonyl (C=O) groups excluding carboxylic acids is 1. The van der Waals surface area contributed by atoms with Crippen molar-refractivity contribution >= 4 is 53.0 Å². The molecule has 11 heteroatoms. The van der Waals surface area contributed by atoms with Gasteiger partial charge in [-0.1, -0.05) is 29.8 Å². The summed E-state index contributed by atoms with van der Waals surface area (Å²) in [6.45, 7) is 9.63. The zero-order valence-electron chi connectivity index (χ0n) is 21.5. The van der Waals surface area contributed by atoms with Crippen molar-refractivity contribution in [2.45, 2.75) is 25.0 Å². The molecule has 0 radical (unpaired) electrons. The summed E-state index contributed by atoms with van der Waals surface area (Å²) in [5.74, 6) is 0.963. The highest BCUT2D eigenvalue weighted by atomic mass is 35.5. The Morgan fingerprint density at radius 2 is 1.97 bits per heavy atom. The fourth-order valence-electron chi connectivity index (χ4n) is 5.32. The standard InChI is InChI=1S/C28H29Cl2FN4O4/c1-4-24(36)35-12-15-9-16(13-35)27(15)39-22-10-18(21(32-2)11-23(22)38-17-7-8-37-14-17)28(33-3)34-20-6-5-19(29)25(30)26(20)31/h4-6,10-11,15-17,27H,1-2,7-9,12-14H2,3H3,(H,33,34)/t15-,16+,17-,27+/m0/s1. The normalized spacial score (nSPS) is 24.1. The van der Waals surface area contributed by atoms with Crippen molar-refractivity contribution in [1.29, 1.82) is 0 Å². The zero-order valence-corrected chi connectivity index (χ0v) is 23.0. The predicted octanol–water partition coefficient (Wildman–Crippen LogP) is 5.53. The van der Waals surface area contributed by atoms with Gasteiger partial charge in [0.2, 0.25) is 5.91 Å². The van der Waals surface area contributed by atoms with Crippen LogP contribution in [0.15, 0.2) is 46.9 Å². The summed E-state index contributed by atoms with van der Waals surface area (Å²) in [6.07, 6.45) is 2.88. The molecule has 1 N–H and O–H groups in total. The molecule has 1 saturated carbocycles. The summed E-state index contributed by atoms with van der Waals surface area (Å²) in [6, 6.07) is 6.51. The van der Waals surface area contributed by atoms with E-state index in [4.69, 9.17) is 37.4 Å². The van der Waals surface area contributed by atoms with Crippen LogP contribution in [-0.4, -0.2) is 68.9 Å². The van der Waals surface area contributed by atoms with Crippen molar-refractivity contribution in [3.8, 4) is 11.5 Å². The number of nitrogens with zero attached hydrogens (tertiary/aromatic N) is 3. The molecule has 2 bridgehead atoms. The second-order valence-corrected chi connectivity index (χ2v) is 10.6. The van der Waals surface area contributed by atoms with E-state index in [-0.39, 0.29) is 45.7 Å². The van der Waals surface area contributed by atoms with Gasteiger partial charge in [-0.05, 0) is 37.4 Å². The van der Waals surface area contributed by atoms with Crippen molar-refractivity contribution < 1.29 is 23.4 Å². The van der Waals surface area contributed by atoms with Gasteiger partial charge in [-0.25, -0.2) is 4.39 Å². The molecule has 3 saturated heterocycles. The largest absolute Gasteiger partial charge is 0.486 e. The van der Waals surface area contributed by atoms with E-state index in [9.17, 15) is 9.18 Å². The van der Waals surface area contributed by atoms with Crippen LogP contribution in [0.3, 0.4) is 0 Å². The van der Waals surface area contributed by atoms with Crippen LogP contribution in [-0.2, 0) is 9.53 Å². The van der Waals surface area contributed by atoms with Crippen molar-refractivity contribution in [3.05, 3.63) is 58.3 Å². The molecule has 4 fully saturated rings. The van der Waals surface area contributed by atoms with E-state index in [1.807, 2.05) is 4.90 Å². The molecular formula is C28H29Cl2FN4O4. The summed E-state index contributed by atoms with van der Waals surface area (Å²) in [5, 5.41) is 2.91. The first-order valence-electron chi connectivity index (χ1n) is 12.7. The number of amides is 1. The van der Waals surface area contributed by atoms with E-state index >= 15 is 0 Å². The smallest absolute Gasteiger partial charge is 0.245 e. The number of carbonyl (C=O) groups is 1. The van der Waals surface area contributed by atoms with Gasteiger partial charge in [0.25, 0.3) is 0 Å². The molecule has 39 heavy (non-hydrogen) atoms. The average molecular weight is 575 g/mol. The number of hydrogen-bond donors (Lipinski definition) is 1. The lowest BCUT2D eigenvalue weighted by Gasteiger charge is -2.52. The molecule has 4 atom stereocenters. The fraction of sp³-hybridized carbons (Fsp3) is 0.393. The Morgan fingerprint density at radius 1 is 1.23 bits per heavy atom. The molecule has 4 aliphatic rings. The van der Waals surface area contributed by atoms with E-state index in [0.717, 1.165) is 12.8 Å². The number of amidine groups is 1. The Morgan fingerprint density at radius 3 is 2.62 bits per heavy atom. The Labute approximate surface area is 236 Å². The highest BCUT2D eigenvalue weighted by Gasteiger charge is 2.49. The number of rotatable bonds is 8.